The van der Waals surface area contributed by atoms with E-state index in [0.29, 0.717) is 6.10 Å². The van der Waals surface area contributed by atoms with Crippen LogP contribution in [0.25, 0.3) is 0 Å². The van der Waals surface area contributed by atoms with E-state index >= 15 is 0 Å². The predicted octanol–water partition coefficient (Wildman–Crippen LogP) is 1.64. The van der Waals surface area contributed by atoms with E-state index in [1.807, 2.05) is 11.7 Å². The van der Waals surface area contributed by atoms with Crippen molar-refractivity contribution in [3.8, 4) is 0 Å². The molecule has 1 aliphatic heterocycles. The molecule has 96 valence electrons. The quantitative estimate of drug-likeness (QED) is 0.765. The number of aryl methyl sites for hydroxylation is 2. The Morgan fingerprint density at radius 1 is 1.59 bits per heavy atom. The fourth-order valence-electron chi connectivity index (χ4n) is 2.26. The molecule has 1 atom stereocenters. The maximum atomic E-state index is 5.59. The summed E-state index contributed by atoms with van der Waals surface area (Å²) < 4.78 is 7.56. The van der Waals surface area contributed by atoms with Gasteiger partial charge in [0.2, 0.25) is 0 Å². The summed E-state index contributed by atoms with van der Waals surface area (Å²) in [6, 6.07) is 2.18. The zero-order chi connectivity index (χ0) is 12.1. The second-order valence-corrected chi connectivity index (χ2v) is 4.70. The first-order chi connectivity index (χ1) is 8.29. The third kappa shape index (κ3) is 3.54. The minimum atomic E-state index is 0.486. The Morgan fingerprint density at radius 3 is 3.12 bits per heavy atom. The van der Waals surface area contributed by atoms with Crippen molar-refractivity contribution >= 4 is 0 Å². The summed E-state index contributed by atoms with van der Waals surface area (Å²) in [5, 5.41) is 7.90. The molecule has 0 radical (unpaired) electrons. The lowest BCUT2D eigenvalue weighted by Crippen LogP contribution is -2.21. The van der Waals surface area contributed by atoms with Gasteiger partial charge in [-0.2, -0.15) is 5.10 Å². The van der Waals surface area contributed by atoms with Crippen LogP contribution in [0, 0.1) is 0 Å². The highest BCUT2D eigenvalue weighted by atomic mass is 16.5. The second kappa shape index (κ2) is 6.17. The van der Waals surface area contributed by atoms with Gasteiger partial charge in [-0.05, 0) is 38.3 Å². The lowest BCUT2D eigenvalue weighted by Gasteiger charge is -2.09. The zero-order valence-corrected chi connectivity index (χ0v) is 10.9. The van der Waals surface area contributed by atoms with Gasteiger partial charge in [-0.1, -0.05) is 6.92 Å². The van der Waals surface area contributed by atoms with E-state index in [-0.39, 0.29) is 0 Å². The van der Waals surface area contributed by atoms with Crippen LogP contribution in [0.15, 0.2) is 6.07 Å². The van der Waals surface area contributed by atoms with Crippen LogP contribution in [-0.4, -0.2) is 29.0 Å². The van der Waals surface area contributed by atoms with Crippen molar-refractivity contribution in [2.45, 2.75) is 45.3 Å². The van der Waals surface area contributed by atoms with E-state index in [2.05, 4.69) is 23.4 Å². The number of hydrogen-bond acceptors (Lipinski definition) is 3. The molecule has 0 bridgehead atoms. The third-order valence-electron chi connectivity index (χ3n) is 3.36. The maximum Gasteiger partial charge on any atom is 0.0625 e. The summed E-state index contributed by atoms with van der Waals surface area (Å²) in [5.74, 6) is 0. The van der Waals surface area contributed by atoms with E-state index < -0.39 is 0 Å². The Balaban J connectivity index is 1.68. The van der Waals surface area contributed by atoms with Crippen molar-refractivity contribution in [2.24, 2.45) is 7.05 Å². The Kier molecular flexibility index (Phi) is 4.57. The smallest absolute Gasteiger partial charge is 0.0625 e. The van der Waals surface area contributed by atoms with E-state index in [1.54, 1.807) is 0 Å². The summed E-state index contributed by atoms with van der Waals surface area (Å²) in [4.78, 5) is 0. The highest BCUT2D eigenvalue weighted by Crippen LogP contribution is 2.14. The first-order valence-corrected chi connectivity index (χ1v) is 6.63. The van der Waals surface area contributed by atoms with Crippen LogP contribution in [0.5, 0.6) is 0 Å². The van der Waals surface area contributed by atoms with Crippen LogP contribution < -0.4 is 5.32 Å². The Hall–Kier alpha value is -0.870. The largest absolute Gasteiger partial charge is 0.378 e. The number of nitrogens with zero attached hydrogens (tertiary/aromatic N) is 2. The number of rotatable bonds is 6. The molecule has 17 heavy (non-hydrogen) atoms. The van der Waals surface area contributed by atoms with Crippen molar-refractivity contribution in [1.82, 2.24) is 15.1 Å². The van der Waals surface area contributed by atoms with Crippen molar-refractivity contribution in [3.05, 3.63) is 17.5 Å². The summed E-state index contributed by atoms with van der Waals surface area (Å²) in [5.41, 5.74) is 2.43. The minimum Gasteiger partial charge on any atom is -0.378 e. The number of aromatic nitrogens is 2. The molecule has 1 aliphatic rings. The molecule has 0 saturated carbocycles. The molecule has 0 aromatic carbocycles. The highest BCUT2D eigenvalue weighted by molar-refractivity contribution is 5.09. The average molecular weight is 237 g/mol. The molecule has 1 aromatic heterocycles. The van der Waals surface area contributed by atoms with Crippen LogP contribution in [-0.2, 0) is 24.8 Å². The lowest BCUT2D eigenvalue weighted by atomic mass is 10.2. The fraction of sp³-hybridized carbons (Fsp3) is 0.769. The molecule has 1 N–H and O–H groups in total. The van der Waals surface area contributed by atoms with Crippen molar-refractivity contribution < 1.29 is 4.74 Å². The summed E-state index contributed by atoms with van der Waals surface area (Å²) in [7, 11) is 2.01. The molecule has 0 amide bonds. The van der Waals surface area contributed by atoms with Gasteiger partial charge in [0.05, 0.1) is 17.5 Å². The Bertz CT molecular complexity index is 342. The van der Waals surface area contributed by atoms with Crippen LogP contribution in [0.3, 0.4) is 0 Å². The third-order valence-corrected chi connectivity index (χ3v) is 3.36. The molecule has 4 heteroatoms. The fourth-order valence-corrected chi connectivity index (χ4v) is 2.26. The molecule has 0 aliphatic carbocycles. The molecule has 1 aromatic rings. The molecular formula is C13H23N3O. The summed E-state index contributed by atoms with van der Waals surface area (Å²) in [6.45, 7) is 5.01. The second-order valence-electron chi connectivity index (χ2n) is 4.70. The van der Waals surface area contributed by atoms with Gasteiger partial charge in [-0.15, -0.1) is 0 Å². The molecular weight excluding hydrogens is 214 g/mol. The summed E-state index contributed by atoms with van der Waals surface area (Å²) in [6.07, 6.45) is 5.07. The molecule has 2 heterocycles. The van der Waals surface area contributed by atoms with Gasteiger partial charge in [0.25, 0.3) is 0 Å². The van der Waals surface area contributed by atoms with Crippen molar-refractivity contribution in [1.29, 1.82) is 0 Å². The van der Waals surface area contributed by atoms with Gasteiger partial charge in [-0.25, -0.2) is 0 Å². The first kappa shape index (κ1) is 12.6. The van der Waals surface area contributed by atoms with Crippen LogP contribution in [0.4, 0.5) is 0 Å². The van der Waals surface area contributed by atoms with Crippen molar-refractivity contribution in [3.63, 3.8) is 0 Å². The topological polar surface area (TPSA) is 39.1 Å². The number of ether oxygens (including phenoxy) is 1. The van der Waals surface area contributed by atoms with E-state index in [4.69, 9.17) is 4.74 Å². The predicted molar refractivity (Wildman–Crippen MR) is 67.9 cm³/mol. The molecule has 1 fully saturated rings. The maximum absolute atomic E-state index is 5.59. The molecule has 2 rings (SSSR count). The van der Waals surface area contributed by atoms with Gasteiger partial charge < -0.3 is 10.1 Å². The average Bonchev–Trinajstić information content (AvgIpc) is 2.94. The van der Waals surface area contributed by atoms with E-state index in [1.165, 1.54) is 24.2 Å². The SMILES string of the molecule is CCc1cc(CNCCC2CCCO2)n(C)n1. The molecule has 0 spiro atoms. The van der Waals surface area contributed by atoms with Crippen LogP contribution in [0.2, 0.25) is 0 Å². The van der Waals surface area contributed by atoms with Crippen LogP contribution in [0.1, 0.15) is 37.6 Å². The number of hydrogen-bond donors (Lipinski definition) is 1. The Labute approximate surface area is 103 Å². The number of nitrogens with one attached hydrogen (secondary N) is 1. The summed E-state index contributed by atoms with van der Waals surface area (Å²) >= 11 is 0. The zero-order valence-electron chi connectivity index (χ0n) is 10.9. The molecule has 4 nitrogen and oxygen atoms in total. The van der Waals surface area contributed by atoms with Gasteiger partial charge in [0.15, 0.2) is 0 Å². The van der Waals surface area contributed by atoms with Gasteiger partial charge in [0, 0.05) is 20.2 Å². The lowest BCUT2D eigenvalue weighted by molar-refractivity contribution is 0.104. The van der Waals surface area contributed by atoms with Crippen LogP contribution >= 0.6 is 0 Å². The van der Waals surface area contributed by atoms with Gasteiger partial charge in [-0.3, -0.25) is 4.68 Å². The van der Waals surface area contributed by atoms with E-state index in [0.717, 1.165) is 32.5 Å². The van der Waals surface area contributed by atoms with Gasteiger partial charge in [0.1, 0.15) is 0 Å². The highest BCUT2D eigenvalue weighted by Gasteiger charge is 2.14. The monoisotopic (exact) mass is 237 g/mol. The molecule has 1 saturated heterocycles. The minimum absolute atomic E-state index is 0.486. The van der Waals surface area contributed by atoms with Gasteiger partial charge >= 0.3 is 0 Å². The molecule has 1 unspecified atom stereocenters. The Morgan fingerprint density at radius 2 is 2.47 bits per heavy atom. The normalized spacial score (nSPS) is 20.0. The standard InChI is InChI=1S/C13H23N3O/c1-3-11-9-12(16(2)15-11)10-14-7-6-13-5-4-8-17-13/h9,13-14H,3-8,10H2,1-2H3. The first-order valence-electron chi connectivity index (χ1n) is 6.63. The van der Waals surface area contributed by atoms with E-state index in [9.17, 15) is 0 Å². The van der Waals surface area contributed by atoms with Crippen molar-refractivity contribution in [2.75, 3.05) is 13.2 Å².